The summed E-state index contributed by atoms with van der Waals surface area (Å²) in [6, 6.07) is 6.39. The van der Waals surface area contributed by atoms with E-state index in [0.717, 1.165) is 24.2 Å². The minimum atomic E-state index is -1.28. The second kappa shape index (κ2) is 7.50. The van der Waals surface area contributed by atoms with Crippen molar-refractivity contribution in [3.63, 3.8) is 0 Å². The van der Waals surface area contributed by atoms with E-state index in [1.54, 1.807) is 31.2 Å². The van der Waals surface area contributed by atoms with Crippen molar-refractivity contribution in [1.29, 1.82) is 0 Å². The van der Waals surface area contributed by atoms with Crippen molar-refractivity contribution in [3.05, 3.63) is 34.9 Å². The Morgan fingerprint density at radius 3 is 2.70 bits per heavy atom. The van der Waals surface area contributed by atoms with Gasteiger partial charge in [0.2, 0.25) is 5.91 Å². The molecule has 0 aromatic heterocycles. The lowest BCUT2D eigenvalue weighted by atomic mass is 9.78. The number of nitrogens with one attached hydrogen (secondary N) is 2. The van der Waals surface area contributed by atoms with Crippen LogP contribution in [-0.2, 0) is 15.1 Å². The quantitative estimate of drug-likeness (QED) is 0.774. The molecule has 1 aromatic rings. The fraction of sp³-hybridized carbons (Fsp3) is 0.550. The molecular weight excluding hydrogens is 366 g/mol. The van der Waals surface area contributed by atoms with Crippen molar-refractivity contribution in [2.75, 3.05) is 6.54 Å². The molecule has 4 atom stereocenters. The van der Waals surface area contributed by atoms with E-state index in [0.29, 0.717) is 22.4 Å². The lowest BCUT2D eigenvalue weighted by Gasteiger charge is -2.34. The monoisotopic (exact) mass is 391 g/mol. The first-order valence-corrected chi connectivity index (χ1v) is 9.80. The Morgan fingerprint density at radius 1 is 1.30 bits per heavy atom. The van der Waals surface area contributed by atoms with Crippen LogP contribution in [0.4, 0.5) is 4.79 Å². The molecule has 0 bridgehead atoms. The molecule has 0 spiro atoms. The van der Waals surface area contributed by atoms with Crippen LogP contribution in [0.15, 0.2) is 24.3 Å². The molecule has 6 nitrogen and oxygen atoms in total. The number of carbonyl (C=O) groups is 3. The third kappa shape index (κ3) is 3.68. The molecule has 1 aliphatic heterocycles. The Labute approximate surface area is 164 Å². The van der Waals surface area contributed by atoms with Gasteiger partial charge in [-0.3, -0.25) is 14.5 Å². The summed E-state index contributed by atoms with van der Waals surface area (Å²) < 4.78 is 0. The van der Waals surface area contributed by atoms with Crippen LogP contribution in [0.25, 0.3) is 0 Å². The topological polar surface area (TPSA) is 78.5 Å². The summed E-state index contributed by atoms with van der Waals surface area (Å²) in [5.74, 6) is 0.136. The number of hydrogen-bond acceptors (Lipinski definition) is 3. The molecule has 0 radical (unpaired) electrons. The van der Waals surface area contributed by atoms with Crippen LogP contribution in [-0.4, -0.2) is 35.3 Å². The zero-order valence-corrected chi connectivity index (χ0v) is 16.7. The van der Waals surface area contributed by atoms with Crippen LogP contribution in [0.2, 0.25) is 5.02 Å². The Morgan fingerprint density at radius 2 is 2.00 bits per heavy atom. The number of hydrogen-bond donors (Lipinski definition) is 2. The van der Waals surface area contributed by atoms with Gasteiger partial charge in [0.25, 0.3) is 5.91 Å². The minimum Gasteiger partial charge on any atom is -0.352 e. The molecule has 1 saturated heterocycles. The van der Waals surface area contributed by atoms with Crippen molar-refractivity contribution in [2.24, 2.45) is 11.8 Å². The van der Waals surface area contributed by atoms with Gasteiger partial charge in [-0.05, 0) is 31.2 Å². The summed E-state index contributed by atoms with van der Waals surface area (Å²) in [6.07, 6.45) is 3.16. The van der Waals surface area contributed by atoms with E-state index in [4.69, 9.17) is 11.6 Å². The van der Waals surface area contributed by atoms with E-state index in [1.807, 2.05) is 0 Å². The molecule has 2 aliphatic rings. The largest absolute Gasteiger partial charge is 0.352 e. The third-order valence-corrected chi connectivity index (χ3v) is 6.37. The normalized spacial score (nSPS) is 31.0. The van der Waals surface area contributed by atoms with E-state index in [2.05, 4.69) is 24.5 Å². The van der Waals surface area contributed by atoms with Crippen molar-refractivity contribution in [3.8, 4) is 0 Å². The van der Waals surface area contributed by atoms with Crippen LogP contribution in [0.1, 0.15) is 45.6 Å². The molecule has 2 N–H and O–H groups in total. The average molecular weight is 392 g/mol. The number of benzene rings is 1. The van der Waals surface area contributed by atoms with Gasteiger partial charge in [-0.2, -0.15) is 0 Å². The highest BCUT2D eigenvalue weighted by Crippen LogP contribution is 2.33. The Bertz CT molecular complexity index is 769. The smallest absolute Gasteiger partial charge is 0.325 e. The first-order valence-electron chi connectivity index (χ1n) is 9.42. The molecular formula is C20H26ClN3O3. The van der Waals surface area contributed by atoms with Crippen molar-refractivity contribution in [1.82, 2.24) is 15.5 Å². The number of imide groups is 1. The maximum atomic E-state index is 12.9. The SMILES string of the molecule is C[C@H]1[C@@H](NC(=O)CN2C(=O)N[C@](C)(c3ccccc3Cl)C2=O)CCC[C@@H]1C. The molecule has 1 heterocycles. The minimum absolute atomic E-state index is 0.0805. The molecule has 1 aromatic carbocycles. The third-order valence-electron chi connectivity index (χ3n) is 6.04. The number of amides is 4. The number of urea groups is 1. The van der Waals surface area contributed by atoms with Crippen LogP contribution in [0.3, 0.4) is 0 Å². The van der Waals surface area contributed by atoms with Crippen LogP contribution < -0.4 is 10.6 Å². The maximum Gasteiger partial charge on any atom is 0.325 e. The van der Waals surface area contributed by atoms with E-state index < -0.39 is 17.5 Å². The number of halogens is 1. The predicted octanol–water partition coefficient (Wildman–Crippen LogP) is 3.05. The predicted molar refractivity (Wildman–Crippen MR) is 103 cm³/mol. The van der Waals surface area contributed by atoms with Crippen molar-refractivity contribution >= 4 is 29.4 Å². The van der Waals surface area contributed by atoms with Gasteiger partial charge in [-0.25, -0.2) is 4.79 Å². The fourth-order valence-corrected chi connectivity index (χ4v) is 4.40. The highest BCUT2D eigenvalue weighted by molar-refractivity contribution is 6.32. The van der Waals surface area contributed by atoms with Gasteiger partial charge in [-0.15, -0.1) is 0 Å². The van der Waals surface area contributed by atoms with E-state index in [1.165, 1.54) is 0 Å². The summed E-state index contributed by atoms with van der Waals surface area (Å²) in [5, 5.41) is 6.09. The van der Waals surface area contributed by atoms with Crippen molar-refractivity contribution < 1.29 is 14.4 Å². The van der Waals surface area contributed by atoms with Crippen LogP contribution in [0, 0.1) is 11.8 Å². The van der Waals surface area contributed by atoms with Gasteiger partial charge in [0, 0.05) is 16.6 Å². The first-order chi connectivity index (χ1) is 12.7. The molecule has 27 heavy (non-hydrogen) atoms. The molecule has 0 unspecified atom stereocenters. The molecule has 2 fully saturated rings. The van der Waals surface area contributed by atoms with Gasteiger partial charge in [0.15, 0.2) is 0 Å². The Balaban J connectivity index is 1.70. The lowest BCUT2D eigenvalue weighted by molar-refractivity contribution is -0.135. The molecule has 3 rings (SSSR count). The lowest BCUT2D eigenvalue weighted by Crippen LogP contribution is -2.49. The van der Waals surface area contributed by atoms with Crippen molar-refractivity contribution in [2.45, 2.75) is 51.6 Å². The second-order valence-electron chi connectivity index (χ2n) is 7.87. The van der Waals surface area contributed by atoms with Crippen LogP contribution >= 0.6 is 11.6 Å². The number of nitrogens with zero attached hydrogens (tertiary/aromatic N) is 1. The van der Waals surface area contributed by atoms with Gasteiger partial charge in [0.05, 0.1) is 0 Å². The molecule has 1 saturated carbocycles. The van der Waals surface area contributed by atoms with Gasteiger partial charge < -0.3 is 10.6 Å². The number of rotatable bonds is 4. The van der Waals surface area contributed by atoms with Gasteiger partial charge >= 0.3 is 6.03 Å². The van der Waals surface area contributed by atoms with E-state index >= 15 is 0 Å². The maximum absolute atomic E-state index is 12.9. The highest BCUT2D eigenvalue weighted by atomic mass is 35.5. The van der Waals surface area contributed by atoms with E-state index in [-0.39, 0.29) is 18.5 Å². The summed E-state index contributed by atoms with van der Waals surface area (Å²) in [7, 11) is 0. The summed E-state index contributed by atoms with van der Waals surface area (Å²) in [4.78, 5) is 38.8. The summed E-state index contributed by atoms with van der Waals surface area (Å²) >= 11 is 6.22. The number of carbonyl (C=O) groups excluding carboxylic acids is 3. The molecule has 146 valence electrons. The standard InChI is InChI=1S/C20H26ClN3O3/c1-12-7-6-10-16(13(12)2)22-17(25)11-24-18(26)20(3,23-19(24)27)14-8-4-5-9-15(14)21/h4-5,8-9,12-13,16H,6-7,10-11H2,1-3H3,(H,22,25)(H,23,27)/t12-,13+,16-,20+/m0/s1. The highest BCUT2D eigenvalue weighted by Gasteiger charge is 2.50. The second-order valence-corrected chi connectivity index (χ2v) is 8.27. The van der Waals surface area contributed by atoms with E-state index in [9.17, 15) is 14.4 Å². The first kappa shape index (κ1) is 19.7. The van der Waals surface area contributed by atoms with Crippen LogP contribution in [0.5, 0.6) is 0 Å². The summed E-state index contributed by atoms with van der Waals surface area (Å²) in [5.41, 5.74) is -0.759. The fourth-order valence-electron chi connectivity index (χ4n) is 4.07. The Hall–Kier alpha value is -2.08. The molecule has 4 amide bonds. The summed E-state index contributed by atoms with van der Waals surface area (Å²) in [6.45, 7) is 5.64. The zero-order valence-electron chi connectivity index (χ0n) is 15.9. The van der Waals surface area contributed by atoms with Gasteiger partial charge in [-0.1, -0.05) is 56.5 Å². The zero-order chi connectivity index (χ0) is 19.8. The van der Waals surface area contributed by atoms with Gasteiger partial charge in [0.1, 0.15) is 12.1 Å². The average Bonchev–Trinajstić information content (AvgIpc) is 2.83. The molecule has 1 aliphatic carbocycles. The Kier molecular flexibility index (Phi) is 5.47. The molecule has 7 heteroatoms.